The van der Waals surface area contributed by atoms with Crippen LogP contribution in [0.3, 0.4) is 0 Å². The van der Waals surface area contributed by atoms with Gasteiger partial charge < -0.3 is 9.64 Å². The number of rotatable bonds is 3. The van der Waals surface area contributed by atoms with Gasteiger partial charge in [-0.1, -0.05) is 24.3 Å². The van der Waals surface area contributed by atoms with Crippen molar-refractivity contribution in [3.63, 3.8) is 0 Å². The number of hydrogen-bond donors (Lipinski definition) is 0. The standard InChI is InChI=1S/C18H18FNO2/c19-15-7-4-6-14(12-15)18(21)20-11-5-10-17(13-20)22-16-8-2-1-3-9-16/h1-4,6-9,12,17H,5,10-11,13H2. The van der Waals surface area contributed by atoms with E-state index in [0.717, 1.165) is 18.6 Å². The lowest BCUT2D eigenvalue weighted by Gasteiger charge is -2.33. The van der Waals surface area contributed by atoms with Crippen LogP contribution in [0.25, 0.3) is 0 Å². The third-order valence-corrected chi connectivity index (χ3v) is 3.78. The predicted molar refractivity (Wildman–Crippen MR) is 82.4 cm³/mol. The topological polar surface area (TPSA) is 29.5 Å². The SMILES string of the molecule is O=C(c1cccc(F)c1)N1CCCC(Oc2ccccc2)C1. The Hall–Kier alpha value is -2.36. The third kappa shape index (κ3) is 3.45. The van der Waals surface area contributed by atoms with Gasteiger partial charge in [0.15, 0.2) is 0 Å². The highest BCUT2D eigenvalue weighted by molar-refractivity contribution is 5.94. The number of carbonyl (C=O) groups excluding carboxylic acids is 1. The maximum Gasteiger partial charge on any atom is 0.254 e. The molecule has 4 heteroatoms. The van der Waals surface area contributed by atoms with Gasteiger partial charge in [-0.25, -0.2) is 4.39 Å². The van der Waals surface area contributed by atoms with Crippen LogP contribution in [-0.2, 0) is 0 Å². The van der Waals surface area contributed by atoms with Gasteiger partial charge >= 0.3 is 0 Å². The van der Waals surface area contributed by atoms with E-state index in [4.69, 9.17) is 4.74 Å². The van der Waals surface area contributed by atoms with Gasteiger partial charge in [0, 0.05) is 12.1 Å². The molecule has 114 valence electrons. The van der Waals surface area contributed by atoms with E-state index in [2.05, 4.69) is 0 Å². The highest BCUT2D eigenvalue weighted by Crippen LogP contribution is 2.19. The summed E-state index contributed by atoms with van der Waals surface area (Å²) in [4.78, 5) is 14.2. The molecule has 1 unspecified atom stereocenters. The van der Waals surface area contributed by atoms with E-state index in [-0.39, 0.29) is 17.8 Å². The molecule has 1 aliphatic heterocycles. The fourth-order valence-electron chi connectivity index (χ4n) is 2.71. The van der Waals surface area contributed by atoms with Crippen molar-refractivity contribution in [3.05, 3.63) is 66.0 Å². The van der Waals surface area contributed by atoms with Crippen LogP contribution in [0.1, 0.15) is 23.2 Å². The first-order valence-electron chi connectivity index (χ1n) is 7.49. The zero-order chi connectivity index (χ0) is 15.4. The second kappa shape index (κ2) is 6.60. The molecule has 3 rings (SSSR count). The Kier molecular flexibility index (Phi) is 4.37. The largest absolute Gasteiger partial charge is 0.489 e. The predicted octanol–water partition coefficient (Wildman–Crippen LogP) is 3.51. The number of piperidine rings is 1. The number of likely N-dealkylation sites (tertiary alicyclic amines) is 1. The van der Waals surface area contributed by atoms with E-state index in [0.29, 0.717) is 18.7 Å². The van der Waals surface area contributed by atoms with Gasteiger partial charge in [0.1, 0.15) is 17.7 Å². The Morgan fingerprint density at radius 2 is 1.95 bits per heavy atom. The maximum absolute atomic E-state index is 13.3. The fourth-order valence-corrected chi connectivity index (χ4v) is 2.71. The van der Waals surface area contributed by atoms with Crippen molar-refractivity contribution in [3.8, 4) is 5.75 Å². The quantitative estimate of drug-likeness (QED) is 0.868. The number of para-hydroxylation sites is 1. The maximum atomic E-state index is 13.3. The number of ether oxygens (including phenoxy) is 1. The highest BCUT2D eigenvalue weighted by Gasteiger charge is 2.25. The number of halogens is 1. The van der Waals surface area contributed by atoms with Crippen molar-refractivity contribution in [2.45, 2.75) is 18.9 Å². The van der Waals surface area contributed by atoms with Crippen LogP contribution in [0.4, 0.5) is 4.39 Å². The molecular weight excluding hydrogens is 281 g/mol. The average Bonchev–Trinajstić information content (AvgIpc) is 2.55. The van der Waals surface area contributed by atoms with E-state index < -0.39 is 0 Å². The summed E-state index contributed by atoms with van der Waals surface area (Å²) >= 11 is 0. The summed E-state index contributed by atoms with van der Waals surface area (Å²) in [5.41, 5.74) is 0.389. The molecule has 0 aromatic heterocycles. The van der Waals surface area contributed by atoms with Crippen LogP contribution in [0.5, 0.6) is 5.75 Å². The first-order chi connectivity index (χ1) is 10.7. The molecular formula is C18H18FNO2. The third-order valence-electron chi connectivity index (χ3n) is 3.78. The number of benzene rings is 2. The van der Waals surface area contributed by atoms with E-state index in [9.17, 15) is 9.18 Å². The van der Waals surface area contributed by atoms with Crippen LogP contribution in [0.2, 0.25) is 0 Å². The summed E-state index contributed by atoms with van der Waals surface area (Å²) in [5.74, 6) is 0.286. The second-order valence-electron chi connectivity index (χ2n) is 5.46. The lowest BCUT2D eigenvalue weighted by molar-refractivity contribution is 0.0537. The van der Waals surface area contributed by atoms with Gasteiger partial charge in [-0.05, 0) is 43.2 Å². The zero-order valence-electron chi connectivity index (χ0n) is 12.2. The van der Waals surface area contributed by atoms with Crippen LogP contribution < -0.4 is 4.74 Å². The summed E-state index contributed by atoms with van der Waals surface area (Å²) < 4.78 is 19.2. The van der Waals surface area contributed by atoms with E-state index in [1.165, 1.54) is 12.1 Å². The summed E-state index contributed by atoms with van der Waals surface area (Å²) in [6.45, 7) is 1.22. The Morgan fingerprint density at radius 3 is 2.73 bits per heavy atom. The molecule has 1 fully saturated rings. The number of hydrogen-bond acceptors (Lipinski definition) is 2. The highest BCUT2D eigenvalue weighted by atomic mass is 19.1. The monoisotopic (exact) mass is 299 g/mol. The normalized spacial score (nSPS) is 18.0. The Balaban J connectivity index is 1.66. The summed E-state index contributed by atoms with van der Waals surface area (Å²) in [6.07, 6.45) is 1.79. The summed E-state index contributed by atoms with van der Waals surface area (Å²) in [5, 5.41) is 0. The van der Waals surface area contributed by atoms with Crippen LogP contribution in [-0.4, -0.2) is 30.0 Å². The molecule has 0 N–H and O–H groups in total. The average molecular weight is 299 g/mol. The molecule has 1 heterocycles. The zero-order valence-corrected chi connectivity index (χ0v) is 12.2. The molecule has 0 aliphatic carbocycles. The smallest absolute Gasteiger partial charge is 0.254 e. The minimum Gasteiger partial charge on any atom is -0.489 e. The van der Waals surface area contributed by atoms with Crippen molar-refractivity contribution >= 4 is 5.91 Å². The molecule has 1 aliphatic rings. The molecule has 22 heavy (non-hydrogen) atoms. The van der Waals surface area contributed by atoms with E-state index in [1.54, 1.807) is 17.0 Å². The van der Waals surface area contributed by atoms with Gasteiger partial charge in [0.05, 0.1) is 6.54 Å². The summed E-state index contributed by atoms with van der Waals surface area (Å²) in [6, 6.07) is 15.4. The molecule has 1 atom stereocenters. The molecule has 2 aromatic rings. The van der Waals surface area contributed by atoms with E-state index in [1.807, 2.05) is 30.3 Å². The molecule has 1 amide bonds. The van der Waals surface area contributed by atoms with Crippen LogP contribution >= 0.6 is 0 Å². The lowest BCUT2D eigenvalue weighted by atomic mass is 10.1. The molecule has 3 nitrogen and oxygen atoms in total. The molecule has 0 spiro atoms. The van der Waals surface area contributed by atoms with Gasteiger partial charge in [0.2, 0.25) is 0 Å². The molecule has 2 aromatic carbocycles. The molecule has 1 saturated heterocycles. The van der Waals surface area contributed by atoms with Crippen molar-refractivity contribution in [2.24, 2.45) is 0 Å². The van der Waals surface area contributed by atoms with Gasteiger partial charge in [-0.3, -0.25) is 4.79 Å². The molecule has 0 saturated carbocycles. The van der Waals surface area contributed by atoms with Crippen molar-refractivity contribution in [1.82, 2.24) is 4.90 Å². The Morgan fingerprint density at radius 1 is 1.14 bits per heavy atom. The Labute approximate surface area is 129 Å². The molecule has 0 radical (unpaired) electrons. The number of nitrogens with zero attached hydrogens (tertiary/aromatic N) is 1. The molecule has 0 bridgehead atoms. The second-order valence-corrected chi connectivity index (χ2v) is 5.46. The summed E-state index contributed by atoms with van der Waals surface area (Å²) in [7, 11) is 0. The minimum absolute atomic E-state index is 0.0198. The number of amides is 1. The number of carbonyl (C=O) groups is 1. The first-order valence-corrected chi connectivity index (χ1v) is 7.49. The fraction of sp³-hybridized carbons (Fsp3) is 0.278. The van der Waals surface area contributed by atoms with E-state index >= 15 is 0 Å². The van der Waals surface area contributed by atoms with Crippen molar-refractivity contribution < 1.29 is 13.9 Å². The lowest BCUT2D eigenvalue weighted by Crippen LogP contribution is -2.44. The van der Waals surface area contributed by atoms with Gasteiger partial charge in [-0.2, -0.15) is 0 Å². The van der Waals surface area contributed by atoms with Gasteiger partial charge in [0.25, 0.3) is 5.91 Å². The van der Waals surface area contributed by atoms with Crippen LogP contribution in [0.15, 0.2) is 54.6 Å². The minimum atomic E-state index is -0.389. The van der Waals surface area contributed by atoms with Crippen LogP contribution in [0, 0.1) is 5.82 Å². The van der Waals surface area contributed by atoms with Gasteiger partial charge in [-0.15, -0.1) is 0 Å². The Bertz CT molecular complexity index is 645. The van der Waals surface area contributed by atoms with Crippen molar-refractivity contribution in [2.75, 3.05) is 13.1 Å². The van der Waals surface area contributed by atoms with Crippen molar-refractivity contribution in [1.29, 1.82) is 0 Å². The first kappa shape index (κ1) is 14.6.